The normalized spacial score (nSPS) is 14.6. The number of hydrogen-bond donors (Lipinski definition) is 0. The summed E-state index contributed by atoms with van der Waals surface area (Å²) < 4.78 is 45.4. The number of halogens is 1. The molecule has 0 amide bonds. The molecule has 8 nitrogen and oxygen atoms in total. The van der Waals surface area contributed by atoms with Crippen molar-refractivity contribution in [2.75, 3.05) is 31.2 Å². The van der Waals surface area contributed by atoms with Crippen molar-refractivity contribution in [2.24, 2.45) is 5.18 Å². The summed E-state index contributed by atoms with van der Waals surface area (Å²) in [6, 6.07) is 11.1. The maximum atomic E-state index is 13.6. The van der Waals surface area contributed by atoms with Crippen LogP contribution in [-0.2, 0) is 19.5 Å². The molecule has 3 rings (SSSR count). The molecule has 1 aliphatic heterocycles. The molecule has 0 bridgehead atoms. The maximum absolute atomic E-state index is 13.6. The highest BCUT2D eigenvalue weighted by molar-refractivity contribution is 9.10. The molecule has 0 unspecified atom stereocenters. The molecule has 0 aliphatic carbocycles. The third kappa shape index (κ3) is 5.37. The van der Waals surface area contributed by atoms with Crippen LogP contribution < -0.4 is 9.04 Å². The van der Waals surface area contributed by atoms with E-state index in [1.54, 1.807) is 24.3 Å². The molecular weight excluding hydrogens is 476 g/mol. The molecule has 30 heavy (non-hydrogen) atoms. The predicted molar refractivity (Wildman–Crippen MR) is 117 cm³/mol. The van der Waals surface area contributed by atoms with Crippen molar-refractivity contribution in [1.29, 1.82) is 0 Å². The summed E-state index contributed by atoms with van der Waals surface area (Å²) in [6.07, 6.45) is 1.81. The lowest BCUT2D eigenvalue weighted by Gasteiger charge is -2.25. The Labute approximate surface area is 184 Å². The molecule has 10 heteroatoms. The second-order valence-corrected chi connectivity index (χ2v) is 9.39. The largest absolute Gasteiger partial charge is 0.495 e. The predicted octanol–water partition coefficient (Wildman–Crippen LogP) is 4.59. The second-order valence-electron chi connectivity index (χ2n) is 6.65. The zero-order valence-electron chi connectivity index (χ0n) is 16.5. The van der Waals surface area contributed by atoms with Crippen LogP contribution in [0.25, 0.3) is 0 Å². The van der Waals surface area contributed by atoms with Crippen LogP contribution in [0.3, 0.4) is 0 Å². The van der Waals surface area contributed by atoms with Crippen LogP contribution in [0.5, 0.6) is 5.75 Å². The quantitative estimate of drug-likeness (QED) is 0.351. The van der Waals surface area contributed by atoms with Gasteiger partial charge < -0.3 is 14.2 Å². The zero-order chi connectivity index (χ0) is 21.6. The number of nitrogens with zero attached hydrogens (tertiary/aromatic N) is 2. The van der Waals surface area contributed by atoms with Gasteiger partial charge in [-0.15, -0.1) is 4.91 Å². The van der Waals surface area contributed by atoms with Gasteiger partial charge >= 0.3 is 0 Å². The third-order valence-corrected chi connectivity index (χ3v) is 7.05. The molecule has 1 saturated heterocycles. The smallest absolute Gasteiger partial charge is 0.268 e. The molecule has 0 radical (unpaired) electrons. The lowest BCUT2D eigenvalue weighted by Crippen LogP contribution is -2.32. The Morgan fingerprint density at radius 3 is 2.47 bits per heavy atom. The molecule has 0 spiro atoms. The van der Waals surface area contributed by atoms with E-state index in [0.717, 1.165) is 10.9 Å². The fourth-order valence-corrected chi connectivity index (χ4v) is 5.12. The van der Waals surface area contributed by atoms with Gasteiger partial charge in [0.2, 0.25) is 0 Å². The molecule has 0 saturated carbocycles. The van der Waals surface area contributed by atoms with E-state index < -0.39 is 10.0 Å². The number of anilines is 1. The standard InChI is InChI=1S/C20H23BrN2O6S/c1-27-18-10-7-16(22-24)14-19(18)30(25,26)23(17-8-5-15(21)6-9-17)11-3-2-4-20-28-12-13-29-20/h5-10,14,20H,2-4,11-13H2,1H3. The summed E-state index contributed by atoms with van der Waals surface area (Å²) in [5, 5.41) is 2.86. The summed E-state index contributed by atoms with van der Waals surface area (Å²) in [5.74, 6) is 0.150. The van der Waals surface area contributed by atoms with Crippen molar-refractivity contribution in [1.82, 2.24) is 0 Å². The molecule has 0 N–H and O–H groups in total. The van der Waals surface area contributed by atoms with E-state index in [4.69, 9.17) is 14.2 Å². The number of sulfonamides is 1. The average Bonchev–Trinajstić information content (AvgIpc) is 3.27. The lowest BCUT2D eigenvalue weighted by molar-refractivity contribution is -0.0478. The highest BCUT2D eigenvalue weighted by Gasteiger charge is 2.29. The Morgan fingerprint density at radius 1 is 1.13 bits per heavy atom. The summed E-state index contributed by atoms with van der Waals surface area (Å²) >= 11 is 3.37. The van der Waals surface area contributed by atoms with Crippen LogP contribution in [0.1, 0.15) is 19.3 Å². The van der Waals surface area contributed by atoms with Gasteiger partial charge in [-0.2, -0.15) is 0 Å². The number of rotatable bonds is 10. The molecule has 2 aromatic carbocycles. The SMILES string of the molecule is COc1ccc(N=O)cc1S(=O)(=O)N(CCCCC1OCCO1)c1ccc(Br)cc1. The molecule has 0 atom stereocenters. The fourth-order valence-electron chi connectivity index (χ4n) is 3.18. The highest BCUT2D eigenvalue weighted by Crippen LogP contribution is 2.33. The molecule has 1 fully saturated rings. The number of hydrogen-bond acceptors (Lipinski definition) is 7. The monoisotopic (exact) mass is 498 g/mol. The van der Waals surface area contributed by atoms with Gasteiger partial charge in [0.15, 0.2) is 6.29 Å². The molecule has 2 aromatic rings. The van der Waals surface area contributed by atoms with Crippen LogP contribution in [0.4, 0.5) is 11.4 Å². The second kappa shape index (κ2) is 10.3. The maximum Gasteiger partial charge on any atom is 0.268 e. The van der Waals surface area contributed by atoms with E-state index in [9.17, 15) is 13.3 Å². The number of nitroso groups, excluding NO2 is 1. The topological polar surface area (TPSA) is 94.5 Å². The zero-order valence-corrected chi connectivity index (χ0v) is 18.9. The van der Waals surface area contributed by atoms with E-state index in [1.807, 2.05) is 0 Å². The average molecular weight is 499 g/mol. The summed E-state index contributed by atoms with van der Waals surface area (Å²) in [6.45, 7) is 1.43. The molecule has 1 aliphatic rings. The van der Waals surface area contributed by atoms with Gasteiger partial charge in [-0.25, -0.2) is 8.42 Å². The van der Waals surface area contributed by atoms with Crippen LogP contribution in [0.2, 0.25) is 0 Å². The Hall–Kier alpha value is -2.01. The fraction of sp³-hybridized carbons (Fsp3) is 0.400. The van der Waals surface area contributed by atoms with Crippen molar-refractivity contribution in [3.05, 3.63) is 51.8 Å². The van der Waals surface area contributed by atoms with E-state index >= 15 is 0 Å². The molecule has 162 valence electrons. The van der Waals surface area contributed by atoms with Crippen molar-refractivity contribution < 1.29 is 22.6 Å². The molecule has 1 heterocycles. The van der Waals surface area contributed by atoms with Gasteiger partial charge in [0, 0.05) is 11.0 Å². The van der Waals surface area contributed by atoms with Gasteiger partial charge in [0.25, 0.3) is 10.0 Å². The molecular formula is C20H23BrN2O6S. The van der Waals surface area contributed by atoms with Crippen molar-refractivity contribution in [3.63, 3.8) is 0 Å². The summed E-state index contributed by atoms with van der Waals surface area (Å²) in [4.78, 5) is 10.9. The van der Waals surface area contributed by atoms with Gasteiger partial charge in [-0.3, -0.25) is 4.31 Å². The van der Waals surface area contributed by atoms with Crippen LogP contribution in [0, 0.1) is 4.91 Å². The van der Waals surface area contributed by atoms with E-state index in [2.05, 4.69) is 21.1 Å². The minimum absolute atomic E-state index is 0.0145. The minimum Gasteiger partial charge on any atom is -0.495 e. The third-order valence-electron chi connectivity index (χ3n) is 4.68. The summed E-state index contributed by atoms with van der Waals surface area (Å²) in [7, 11) is -2.63. The molecule has 0 aromatic heterocycles. The Balaban J connectivity index is 1.88. The van der Waals surface area contributed by atoms with Crippen LogP contribution >= 0.6 is 15.9 Å². The number of benzene rings is 2. The van der Waals surface area contributed by atoms with Gasteiger partial charge in [0.05, 0.1) is 26.0 Å². The van der Waals surface area contributed by atoms with Crippen LogP contribution in [-0.4, -0.2) is 41.6 Å². The number of unbranched alkanes of at least 4 members (excludes halogenated alkanes) is 1. The van der Waals surface area contributed by atoms with Crippen LogP contribution in [0.15, 0.2) is 57.0 Å². The Kier molecular flexibility index (Phi) is 7.81. The van der Waals surface area contributed by atoms with Crippen molar-refractivity contribution in [2.45, 2.75) is 30.4 Å². The van der Waals surface area contributed by atoms with Gasteiger partial charge in [0.1, 0.15) is 16.3 Å². The van der Waals surface area contributed by atoms with Crippen molar-refractivity contribution >= 4 is 37.3 Å². The van der Waals surface area contributed by atoms with Crippen molar-refractivity contribution in [3.8, 4) is 5.75 Å². The first-order valence-corrected chi connectivity index (χ1v) is 11.7. The Bertz CT molecular complexity index is 962. The minimum atomic E-state index is -4.01. The number of methoxy groups -OCH3 is 1. The first-order chi connectivity index (χ1) is 14.5. The van der Waals surface area contributed by atoms with Gasteiger partial charge in [-0.05, 0) is 66.9 Å². The summed E-state index contributed by atoms with van der Waals surface area (Å²) in [5.41, 5.74) is 0.527. The van der Waals surface area contributed by atoms with E-state index in [-0.39, 0.29) is 29.2 Å². The first kappa shape index (κ1) is 22.7. The number of ether oxygens (including phenoxy) is 3. The highest BCUT2D eigenvalue weighted by atomic mass is 79.9. The first-order valence-electron chi connectivity index (χ1n) is 9.48. The van der Waals surface area contributed by atoms with E-state index in [1.165, 1.54) is 29.6 Å². The Morgan fingerprint density at radius 2 is 1.83 bits per heavy atom. The van der Waals surface area contributed by atoms with E-state index in [0.29, 0.717) is 31.7 Å². The van der Waals surface area contributed by atoms with Gasteiger partial charge in [-0.1, -0.05) is 15.9 Å². The lowest BCUT2D eigenvalue weighted by atomic mass is 10.2.